The van der Waals surface area contributed by atoms with Crippen molar-refractivity contribution in [2.45, 2.75) is 16.8 Å². The van der Waals surface area contributed by atoms with E-state index in [1.165, 1.54) is 16.1 Å². The molecular formula is C15H17N3S. The molecule has 1 aliphatic heterocycles. The van der Waals surface area contributed by atoms with Gasteiger partial charge in [-0.05, 0) is 30.2 Å². The number of rotatable bonds is 3. The van der Waals surface area contributed by atoms with Crippen molar-refractivity contribution in [3.05, 3.63) is 54.1 Å². The second-order valence-corrected chi connectivity index (χ2v) is 5.82. The highest BCUT2D eigenvalue weighted by Gasteiger charge is 2.26. The highest BCUT2D eigenvalue weighted by Crippen LogP contribution is 2.42. The summed E-state index contributed by atoms with van der Waals surface area (Å²) in [6.45, 7) is 0.926. The van der Waals surface area contributed by atoms with E-state index in [0.29, 0.717) is 0 Å². The standard InChI is InChI=1S/C15H17N3S/c16-12-6-7-13-14(10-12)19-15(17)18(13)9-8-11-4-2-1-3-5-11/h1-7,10,15H,8-9,16-17H2. The number of fused-ring (bicyclic) bond motifs is 1. The second-order valence-electron chi connectivity index (χ2n) is 4.66. The van der Waals surface area contributed by atoms with Crippen molar-refractivity contribution in [3.63, 3.8) is 0 Å². The van der Waals surface area contributed by atoms with Gasteiger partial charge in [-0.2, -0.15) is 0 Å². The van der Waals surface area contributed by atoms with Crippen molar-refractivity contribution >= 4 is 23.1 Å². The van der Waals surface area contributed by atoms with Gasteiger partial charge in [-0.15, -0.1) is 0 Å². The van der Waals surface area contributed by atoms with E-state index in [1.807, 2.05) is 18.2 Å². The number of nitrogens with zero attached hydrogens (tertiary/aromatic N) is 1. The Morgan fingerprint density at radius 3 is 2.68 bits per heavy atom. The van der Waals surface area contributed by atoms with E-state index >= 15 is 0 Å². The van der Waals surface area contributed by atoms with Crippen LogP contribution in [-0.2, 0) is 6.42 Å². The number of anilines is 2. The molecule has 4 N–H and O–H groups in total. The monoisotopic (exact) mass is 271 g/mol. The largest absolute Gasteiger partial charge is 0.399 e. The zero-order chi connectivity index (χ0) is 13.2. The molecule has 1 unspecified atom stereocenters. The predicted octanol–water partition coefficient (Wildman–Crippen LogP) is 2.67. The first-order chi connectivity index (χ1) is 9.24. The van der Waals surface area contributed by atoms with Crippen molar-refractivity contribution in [3.8, 4) is 0 Å². The van der Waals surface area contributed by atoms with Gasteiger partial charge in [-0.1, -0.05) is 42.1 Å². The minimum absolute atomic E-state index is 0.0134. The zero-order valence-electron chi connectivity index (χ0n) is 10.6. The normalized spacial score (nSPS) is 17.5. The number of nitrogen functional groups attached to an aromatic ring is 1. The van der Waals surface area contributed by atoms with E-state index < -0.39 is 0 Å². The third kappa shape index (κ3) is 2.55. The van der Waals surface area contributed by atoms with Crippen LogP contribution in [0.1, 0.15) is 5.56 Å². The minimum Gasteiger partial charge on any atom is -0.399 e. The summed E-state index contributed by atoms with van der Waals surface area (Å²) in [4.78, 5) is 3.42. The third-order valence-electron chi connectivity index (χ3n) is 3.33. The predicted molar refractivity (Wildman–Crippen MR) is 82.2 cm³/mol. The first-order valence-electron chi connectivity index (χ1n) is 6.36. The van der Waals surface area contributed by atoms with Gasteiger partial charge < -0.3 is 16.4 Å². The van der Waals surface area contributed by atoms with Gasteiger partial charge in [0.05, 0.1) is 5.69 Å². The van der Waals surface area contributed by atoms with Gasteiger partial charge in [0.1, 0.15) is 5.50 Å². The van der Waals surface area contributed by atoms with Crippen molar-refractivity contribution in [2.24, 2.45) is 5.73 Å². The first kappa shape index (κ1) is 12.4. The highest BCUT2D eigenvalue weighted by molar-refractivity contribution is 8.00. The van der Waals surface area contributed by atoms with E-state index in [-0.39, 0.29) is 5.50 Å². The van der Waals surface area contributed by atoms with Crippen LogP contribution in [0.2, 0.25) is 0 Å². The highest BCUT2D eigenvalue weighted by atomic mass is 32.2. The van der Waals surface area contributed by atoms with E-state index in [0.717, 1.165) is 18.7 Å². The van der Waals surface area contributed by atoms with Crippen LogP contribution in [0, 0.1) is 0 Å². The molecule has 0 saturated carbocycles. The lowest BCUT2D eigenvalue weighted by Gasteiger charge is -2.23. The molecule has 0 spiro atoms. The summed E-state index contributed by atoms with van der Waals surface area (Å²) < 4.78 is 0. The maximum atomic E-state index is 6.19. The zero-order valence-corrected chi connectivity index (χ0v) is 11.4. The number of hydrogen-bond acceptors (Lipinski definition) is 4. The maximum Gasteiger partial charge on any atom is 0.130 e. The summed E-state index contributed by atoms with van der Waals surface area (Å²) in [6.07, 6.45) is 0.999. The summed E-state index contributed by atoms with van der Waals surface area (Å²) in [5.41, 5.74) is 15.3. The van der Waals surface area contributed by atoms with Crippen LogP contribution in [0.25, 0.3) is 0 Å². The van der Waals surface area contributed by atoms with E-state index in [1.54, 1.807) is 11.8 Å². The van der Waals surface area contributed by atoms with Crippen molar-refractivity contribution in [1.82, 2.24) is 0 Å². The van der Waals surface area contributed by atoms with Gasteiger partial charge in [0.15, 0.2) is 0 Å². The fraction of sp³-hybridized carbons (Fsp3) is 0.200. The Bertz CT molecular complexity index is 571. The van der Waals surface area contributed by atoms with Gasteiger partial charge in [-0.3, -0.25) is 0 Å². The van der Waals surface area contributed by atoms with E-state index in [4.69, 9.17) is 11.5 Å². The summed E-state index contributed by atoms with van der Waals surface area (Å²) in [5, 5.41) is 0. The molecule has 0 bridgehead atoms. The Balaban J connectivity index is 1.75. The van der Waals surface area contributed by atoms with Crippen molar-refractivity contribution in [2.75, 3.05) is 17.2 Å². The second kappa shape index (κ2) is 5.15. The molecule has 3 rings (SSSR count). The van der Waals surface area contributed by atoms with Crippen molar-refractivity contribution < 1.29 is 0 Å². The molecule has 0 amide bonds. The molecule has 0 fully saturated rings. The van der Waals surface area contributed by atoms with E-state index in [2.05, 4.69) is 35.2 Å². The molecule has 4 heteroatoms. The average Bonchev–Trinajstić information content (AvgIpc) is 2.72. The van der Waals surface area contributed by atoms with Crippen LogP contribution in [0.15, 0.2) is 53.4 Å². The molecule has 0 radical (unpaired) electrons. The number of thioether (sulfide) groups is 1. The Labute approximate surface area is 117 Å². The van der Waals surface area contributed by atoms with Crippen LogP contribution in [0.4, 0.5) is 11.4 Å². The lowest BCUT2D eigenvalue weighted by Crippen LogP contribution is -2.37. The van der Waals surface area contributed by atoms with Crippen LogP contribution >= 0.6 is 11.8 Å². The van der Waals surface area contributed by atoms with Crippen LogP contribution in [-0.4, -0.2) is 12.0 Å². The molecule has 0 aromatic heterocycles. The van der Waals surface area contributed by atoms with Gasteiger partial charge in [0.2, 0.25) is 0 Å². The molecule has 2 aromatic rings. The summed E-state index contributed by atoms with van der Waals surface area (Å²) >= 11 is 1.67. The number of benzene rings is 2. The lowest BCUT2D eigenvalue weighted by atomic mass is 10.1. The fourth-order valence-electron chi connectivity index (χ4n) is 2.34. The van der Waals surface area contributed by atoms with Gasteiger partial charge in [-0.25, -0.2) is 0 Å². The minimum atomic E-state index is -0.0134. The molecule has 3 nitrogen and oxygen atoms in total. The molecule has 1 aliphatic rings. The third-order valence-corrected chi connectivity index (χ3v) is 4.41. The molecule has 0 saturated heterocycles. The van der Waals surface area contributed by atoms with Crippen LogP contribution in [0.5, 0.6) is 0 Å². The first-order valence-corrected chi connectivity index (χ1v) is 7.24. The molecule has 19 heavy (non-hydrogen) atoms. The smallest absolute Gasteiger partial charge is 0.130 e. The fourth-order valence-corrected chi connectivity index (χ4v) is 3.45. The summed E-state index contributed by atoms with van der Waals surface area (Å²) in [5.74, 6) is 0. The van der Waals surface area contributed by atoms with Gasteiger partial charge >= 0.3 is 0 Å². The molecule has 1 atom stereocenters. The Kier molecular flexibility index (Phi) is 3.36. The Hall–Kier alpha value is -1.65. The molecule has 2 aromatic carbocycles. The summed E-state index contributed by atoms with van der Waals surface area (Å²) in [6, 6.07) is 16.5. The molecule has 0 aliphatic carbocycles. The van der Waals surface area contributed by atoms with Crippen LogP contribution in [0.3, 0.4) is 0 Å². The maximum absolute atomic E-state index is 6.19. The quantitative estimate of drug-likeness (QED) is 0.843. The van der Waals surface area contributed by atoms with Gasteiger partial charge in [0.25, 0.3) is 0 Å². The number of nitrogens with two attached hydrogens (primary N) is 2. The SMILES string of the molecule is Nc1ccc2c(c1)SC(N)N2CCc1ccccc1. The topological polar surface area (TPSA) is 55.3 Å². The Morgan fingerprint density at radius 1 is 1.11 bits per heavy atom. The average molecular weight is 271 g/mol. The summed E-state index contributed by atoms with van der Waals surface area (Å²) in [7, 11) is 0. The Morgan fingerprint density at radius 2 is 1.89 bits per heavy atom. The van der Waals surface area contributed by atoms with Crippen LogP contribution < -0.4 is 16.4 Å². The molecule has 1 heterocycles. The molecule has 98 valence electrons. The van der Waals surface area contributed by atoms with E-state index in [9.17, 15) is 0 Å². The molecular weight excluding hydrogens is 254 g/mol. The van der Waals surface area contributed by atoms with Crippen molar-refractivity contribution in [1.29, 1.82) is 0 Å². The lowest BCUT2D eigenvalue weighted by molar-refractivity contribution is 0.766. The van der Waals surface area contributed by atoms with Gasteiger partial charge in [0, 0.05) is 17.1 Å². The number of hydrogen-bond donors (Lipinski definition) is 2.